The molecule has 0 bridgehead atoms. The number of aromatic nitrogens is 4. The van der Waals surface area contributed by atoms with Crippen molar-refractivity contribution in [3.05, 3.63) is 11.1 Å². The van der Waals surface area contributed by atoms with Crippen LogP contribution in [0.15, 0.2) is 11.1 Å². The summed E-state index contributed by atoms with van der Waals surface area (Å²) >= 11 is 3.26. The molecule has 0 unspecified atom stereocenters. The smallest absolute Gasteiger partial charge is 0.413 e. The summed E-state index contributed by atoms with van der Waals surface area (Å²) in [5.41, 5.74) is -0.210. The quantitative estimate of drug-likeness (QED) is 0.495. The average molecular weight is 446 g/mol. The van der Waals surface area contributed by atoms with Gasteiger partial charge in [0.15, 0.2) is 27.9 Å². The van der Waals surface area contributed by atoms with Gasteiger partial charge in [0, 0.05) is 0 Å². The molecule has 0 saturated carbocycles. The normalized spacial score (nSPS) is 25.7. The van der Waals surface area contributed by atoms with Gasteiger partial charge in [0.05, 0.1) is 6.61 Å². The van der Waals surface area contributed by atoms with Crippen LogP contribution in [-0.2, 0) is 9.47 Å². The minimum atomic E-state index is -1.31. The number of aliphatic hydroxyl groups is 3. The molecule has 12 heteroatoms. The number of hydrogen-bond donors (Lipinski definition) is 4. The summed E-state index contributed by atoms with van der Waals surface area (Å²) in [6, 6.07) is 0. The molecule has 2 aromatic rings. The second kappa shape index (κ2) is 7.28. The molecule has 1 fully saturated rings. The fourth-order valence-corrected chi connectivity index (χ4v) is 3.24. The standard InChI is InChI=1S/C15H20BrN5O6/c1-15(2,3)27-14(25)20-10-7-11(18-5-17-10)21(13(16)19-7)12-9(24)8(23)6(4-22)26-12/h5-6,8-9,12,22-24H,4H2,1-3H3,(H,17,18,20,25)/t6-,8-,9-,12-/m1/s1. The van der Waals surface area contributed by atoms with E-state index in [4.69, 9.17) is 9.47 Å². The Bertz CT molecular complexity index is 853. The number of aliphatic hydroxyl groups excluding tert-OH is 3. The van der Waals surface area contributed by atoms with Crippen LogP contribution in [0.2, 0.25) is 0 Å². The van der Waals surface area contributed by atoms with Crippen molar-refractivity contribution in [2.24, 2.45) is 0 Å². The predicted molar refractivity (Wildman–Crippen MR) is 95.9 cm³/mol. The third-order valence-electron chi connectivity index (χ3n) is 3.82. The maximum absolute atomic E-state index is 12.0. The summed E-state index contributed by atoms with van der Waals surface area (Å²) < 4.78 is 12.4. The largest absolute Gasteiger partial charge is 0.444 e. The fourth-order valence-electron chi connectivity index (χ4n) is 2.69. The van der Waals surface area contributed by atoms with Crippen molar-refractivity contribution in [3.8, 4) is 0 Å². The monoisotopic (exact) mass is 445 g/mol. The molecule has 0 aliphatic carbocycles. The number of halogens is 1. The first-order valence-electron chi connectivity index (χ1n) is 8.13. The molecule has 1 amide bonds. The molecule has 1 aliphatic heterocycles. The Balaban J connectivity index is 1.96. The number of carbonyl (C=O) groups is 1. The molecule has 1 saturated heterocycles. The molecule has 3 heterocycles. The van der Waals surface area contributed by atoms with Gasteiger partial charge >= 0.3 is 6.09 Å². The van der Waals surface area contributed by atoms with Gasteiger partial charge in [-0.2, -0.15) is 0 Å². The number of fused-ring (bicyclic) bond motifs is 1. The van der Waals surface area contributed by atoms with Gasteiger partial charge in [-0.25, -0.2) is 19.7 Å². The zero-order valence-corrected chi connectivity index (χ0v) is 16.4. The van der Waals surface area contributed by atoms with E-state index in [1.54, 1.807) is 20.8 Å². The summed E-state index contributed by atoms with van der Waals surface area (Å²) in [6.45, 7) is 4.74. The molecule has 4 N–H and O–H groups in total. The van der Waals surface area contributed by atoms with Crippen LogP contribution >= 0.6 is 15.9 Å². The van der Waals surface area contributed by atoms with Crippen molar-refractivity contribution in [3.63, 3.8) is 0 Å². The Hall–Kier alpha value is -1.86. The van der Waals surface area contributed by atoms with Crippen molar-refractivity contribution >= 4 is 39.0 Å². The topological polar surface area (TPSA) is 152 Å². The third kappa shape index (κ3) is 3.89. The highest BCUT2D eigenvalue weighted by Gasteiger charge is 2.44. The molecule has 3 rings (SSSR count). The van der Waals surface area contributed by atoms with Crippen LogP contribution in [-0.4, -0.2) is 71.5 Å². The number of carbonyl (C=O) groups excluding carboxylic acids is 1. The number of rotatable bonds is 3. The number of hydrogen-bond acceptors (Lipinski definition) is 9. The van der Waals surface area contributed by atoms with Gasteiger partial charge in [-0.15, -0.1) is 0 Å². The van der Waals surface area contributed by atoms with E-state index in [1.165, 1.54) is 10.9 Å². The molecule has 11 nitrogen and oxygen atoms in total. The van der Waals surface area contributed by atoms with E-state index in [1.807, 2.05) is 0 Å². The molecule has 4 atom stereocenters. The minimum absolute atomic E-state index is 0.112. The van der Waals surface area contributed by atoms with Gasteiger partial charge in [-0.1, -0.05) is 0 Å². The fraction of sp³-hybridized carbons (Fsp3) is 0.600. The Morgan fingerprint density at radius 1 is 1.37 bits per heavy atom. The van der Waals surface area contributed by atoms with E-state index in [0.29, 0.717) is 0 Å². The van der Waals surface area contributed by atoms with Crippen molar-refractivity contribution in [1.29, 1.82) is 0 Å². The third-order valence-corrected chi connectivity index (χ3v) is 4.38. The Labute approximate surface area is 162 Å². The average Bonchev–Trinajstić information content (AvgIpc) is 3.03. The second-order valence-electron chi connectivity index (χ2n) is 7.00. The zero-order valence-electron chi connectivity index (χ0n) is 14.8. The molecular formula is C15H20BrN5O6. The van der Waals surface area contributed by atoms with Crippen LogP contribution in [0.4, 0.5) is 10.6 Å². The molecule has 1 aliphatic rings. The van der Waals surface area contributed by atoms with E-state index in [-0.39, 0.29) is 21.7 Å². The second-order valence-corrected chi connectivity index (χ2v) is 7.71. The molecule has 27 heavy (non-hydrogen) atoms. The molecule has 0 spiro atoms. The lowest BCUT2D eigenvalue weighted by Crippen LogP contribution is -2.33. The van der Waals surface area contributed by atoms with Crippen LogP contribution in [0.1, 0.15) is 27.0 Å². The highest BCUT2D eigenvalue weighted by Crippen LogP contribution is 2.35. The summed E-state index contributed by atoms with van der Waals surface area (Å²) in [5, 5.41) is 32.0. The van der Waals surface area contributed by atoms with E-state index in [9.17, 15) is 20.1 Å². The maximum Gasteiger partial charge on any atom is 0.413 e. The predicted octanol–water partition coefficient (Wildman–Crippen LogP) is 0.547. The van der Waals surface area contributed by atoms with Crippen LogP contribution in [0.3, 0.4) is 0 Å². The van der Waals surface area contributed by atoms with Crippen molar-refractivity contribution < 1.29 is 29.6 Å². The molecule has 0 aromatic carbocycles. The number of ether oxygens (including phenoxy) is 2. The summed E-state index contributed by atoms with van der Waals surface area (Å²) in [5.74, 6) is 0.112. The van der Waals surface area contributed by atoms with Gasteiger partial charge in [-0.3, -0.25) is 9.88 Å². The van der Waals surface area contributed by atoms with Crippen molar-refractivity contribution in [1.82, 2.24) is 19.5 Å². The first-order chi connectivity index (χ1) is 12.6. The highest BCUT2D eigenvalue weighted by molar-refractivity contribution is 9.10. The van der Waals surface area contributed by atoms with Crippen LogP contribution in [0, 0.1) is 0 Å². The Kier molecular flexibility index (Phi) is 5.36. The SMILES string of the molecule is CC(C)(C)OC(=O)Nc1ncnc2c1nc(Br)n2[C@@H]1O[C@H](CO)[C@@H](O)[C@H]1O. The maximum atomic E-state index is 12.0. The van der Waals surface area contributed by atoms with Gasteiger partial charge in [0.1, 0.15) is 30.2 Å². The molecule has 0 radical (unpaired) electrons. The summed E-state index contributed by atoms with van der Waals surface area (Å²) in [7, 11) is 0. The van der Waals surface area contributed by atoms with Crippen LogP contribution in [0.25, 0.3) is 11.2 Å². The Morgan fingerprint density at radius 2 is 2.07 bits per heavy atom. The number of imidazole rings is 1. The van der Waals surface area contributed by atoms with Gasteiger partial charge in [0.2, 0.25) is 0 Å². The lowest BCUT2D eigenvalue weighted by molar-refractivity contribution is -0.0521. The zero-order chi connectivity index (χ0) is 19.9. The van der Waals surface area contributed by atoms with Crippen LogP contribution in [0.5, 0.6) is 0 Å². The summed E-state index contributed by atoms with van der Waals surface area (Å²) in [4.78, 5) is 24.4. The lowest BCUT2D eigenvalue weighted by Gasteiger charge is -2.19. The molecule has 2 aromatic heterocycles. The van der Waals surface area contributed by atoms with Crippen molar-refractivity contribution in [2.45, 2.75) is 50.9 Å². The number of anilines is 1. The number of amides is 1. The van der Waals surface area contributed by atoms with Crippen LogP contribution < -0.4 is 5.32 Å². The summed E-state index contributed by atoms with van der Waals surface area (Å²) in [6.07, 6.45) is -4.07. The van der Waals surface area contributed by atoms with Gasteiger partial charge in [-0.05, 0) is 36.7 Å². The Morgan fingerprint density at radius 3 is 2.67 bits per heavy atom. The number of nitrogens with zero attached hydrogens (tertiary/aromatic N) is 4. The van der Waals surface area contributed by atoms with E-state index in [2.05, 4.69) is 36.2 Å². The van der Waals surface area contributed by atoms with E-state index in [0.717, 1.165) is 0 Å². The molecular weight excluding hydrogens is 426 g/mol. The van der Waals surface area contributed by atoms with E-state index >= 15 is 0 Å². The highest BCUT2D eigenvalue weighted by atomic mass is 79.9. The van der Waals surface area contributed by atoms with Crippen molar-refractivity contribution in [2.75, 3.05) is 11.9 Å². The number of nitrogens with one attached hydrogen (secondary N) is 1. The van der Waals surface area contributed by atoms with Gasteiger partial charge < -0.3 is 24.8 Å². The minimum Gasteiger partial charge on any atom is -0.444 e. The first-order valence-corrected chi connectivity index (χ1v) is 8.92. The first kappa shape index (κ1) is 19.9. The van der Waals surface area contributed by atoms with E-state index < -0.39 is 42.8 Å². The van der Waals surface area contributed by atoms with Gasteiger partial charge in [0.25, 0.3) is 0 Å². The lowest BCUT2D eigenvalue weighted by atomic mass is 10.1. The molecule has 148 valence electrons.